The van der Waals surface area contributed by atoms with E-state index in [-0.39, 0.29) is 26.4 Å². The number of hydrogen-bond donors (Lipinski definition) is 3. The number of alkyl halides is 2. The van der Waals surface area contributed by atoms with Crippen molar-refractivity contribution in [2.45, 2.75) is 43.5 Å². The Hall–Kier alpha value is -4.37. The zero-order valence-electron chi connectivity index (χ0n) is 20.8. The lowest BCUT2D eigenvalue weighted by atomic mass is 10.00. The SMILES string of the molecule is C#CCOC(=O)N[C@@H](Cc1ccccc1)[C@H](O)C(=O)N1CC(F)(F)C[C@H]1C(=O)NCc1ccc2c(c1)OCO2. The van der Waals surface area contributed by atoms with E-state index in [1.54, 1.807) is 48.5 Å². The van der Waals surface area contributed by atoms with Crippen molar-refractivity contribution in [3.05, 3.63) is 59.7 Å². The molecule has 2 aromatic rings. The van der Waals surface area contributed by atoms with Crippen LogP contribution in [0.25, 0.3) is 0 Å². The van der Waals surface area contributed by atoms with E-state index in [1.165, 1.54) is 0 Å². The lowest BCUT2D eigenvalue weighted by molar-refractivity contribution is -0.147. The summed E-state index contributed by atoms with van der Waals surface area (Å²) in [7, 11) is 0. The molecule has 4 rings (SSSR count). The highest BCUT2D eigenvalue weighted by molar-refractivity contribution is 5.90. The summed E-state index contributed by atoms with van der Waals surface area (Å²) >= 11 is 0. The third-order valence-electron chi connectivity index (χ3n) is 6.28. The van der Waals surface area contributed by atoms with E-state index >= 15 is 0 Å². The summed E-state index contributed by atoms with van der Waals surface area (Å²) in [6.07, 6.45) is 1.20. The monoisotopic (exact) mass is 543 g/mol. The number of carbonyl (C=O) groups is 3. The van der Waals surface area contributed by atoms with Crippen LogP contribution in [0.4, 0.5) is 13.6 Å². The van der Waals surface area contributed by atoms with Gasteiger partial charge in [0.2, 0.25) is 12.7 Å². The molecule has 0 radical (unpaired) electrons. The highest BCUT2D eigenvalue weighted by atomic mass is 19.3. The smallest absolute Gasteiger partial charge is 0.408 e. The number of nitrogens with zero attached hydrogens (tertiary/aromatic N) is 1. The number of ether oxygens (including phenoxy) is 3. The van der Waals surface area contributed by atoms with Crippen molar-refractivity contribution in [1.29, 1.82) is 0 Å². The number of likely N-dealkylation sites (tertiary alicyclic amines) is 1. The quantitative estimate of drug-likeness (QED) is 0.410. The molecule has 3 atom stereocenters. The highest BCUT2D eigenvalue weighted by Crippen LogP contribution is 2.34. The number of benzene rings is 2. The predicted molar refractivity (Wildman–Crippen MR) is 133 cm³/mol. The van der Waals surface area contributed by atoms with Gasteiger partial charge in [-0.3, -0.25) is 9.59 Å². The molecule has 0 aromatic heterocycles. The molecular formula is C27H27F2N3O7. The fourth-order valence-electron chi connectivity index (χ4n) is 4.39. The Labute approximate surface area is 223 Å². The Morgan fingerprint density at radius 2 is 1.90 bits per heavy atom. The van der Waals surface area contributed by atoms with Gasteiger partial charge >= 0.3 is 6.09 Å². The molecule has 0 bridgehead atoms. The number of carbonyl (C=O) groups excluding carboxylic acids is 3. The summed E-state index contributed by atoms with van der Waals surface area (Å²) in [6, 6.07) is 10.8. The van der Waals surface area contributed by atoms with E-state index in [2.05, 4.69) is 16.6 Å². The molecule has 206 valence electrons. The second-order valence-electron chi connectivity index (χ2n) is 9.11. The summed E-state index contributed by atoms with van der Waals surface area (Å²) in [4.78, 5) is 39.0. The number of amides is 3. The van der Waals surface area contributed by atoms with Gasteiger partial charge in [-0.1, -0.05) is 42.3 Å². The molecule has 0 unspecified atom stereocenters. The molecular weight excluding hydrogens is 516 g/mol. The number of alkyl carbamates (subject to hydrolysis) is 1. The largest absolute Gasteiger partial charge is 0.454 e. The number of fused-ring (bicyclic) bond motifs is 1. The molecule has 2 aromatic carbocycles. The Balaban J connectivity index is 1.47. The van der Waals surface area contributed by atoms with Crippen molar-refractivity contribution in [2.75, 3.05) is 19.9 Å². The summed E-state index contributed by atoms with van der Waals surface area (Å²) in [5, 5.41) is 15.9. The molecule has 12 heteroatoms. The second-order valence-corrected chi connectivity index (χ2v) is 9.11. The predicted octanol–water partition coefficient (Wildman–Crippen LogP) is 1.60. The van der Waals surface area contributed by atoms with Crippen LogP contribution in [0, 0.1) is 12.3 Å². The van der Waals surface area contributed by atoms with Crippen LogP contribution in [-0.4, -0.2) is 72.0 Å². The Morgan fingerprint density at radius 1 is 1.15 bits per heavy atom. The number of nitrogens with one attached hydrogen (secondary N) is 2. The average Bonchev–Trinajstić information content (AvgIpc) is 3.53. The normalized spacial score (nSPS) is 18.5. The maximum absolute atomic E-state index is 14.4. The number of halogens is 2. The van der Waals surface area contributed by atoms with Crippen LogP contribution in [0.5, 0.6) is 11.5 Å². The maximum atomic E-state index is 14.4. The second kappa shape index (κ2) is 12.0. The lowest BCUT2D eigenvalue weighted by Crippen LogP contribution is -2.56. The first kappa shape index (κ1) is 27.7. The minimum absolute atomic E-state index is 0.0126. The van der Waals surface area contributed by atoms with Crippen LogP contribution in [0.2, 0.25) is 0 Å². The first-order chi connectivity index (χ1) is 18.7. The van der Waals surface area contributed by atoms with Crippen molar-refractivity contribution < 1.29 is 42.5 Å². The third-order valence-corrected chi connectivity index (χ3v) is 6.28. The molecule has 2 heterocycles. The van der Waals surface area contributed by atoms with E-state index < -0.39 is 55.0 Å². The van der Waals surface area contributed by atoms with E-state index in [4.69, 9.17) is 20.6 Å². The number of terminal acetylenes is 1. The van der Waals surface area contributed by atoms with Crippen molar-refractivity contribution in [3.8, 4) is 23.8 Å². The van der Waals surface area contributed by atoms with Gasteiger partial charge in [0.05, 0.1) is 12.6 Å². The minimum Gasteiger partial charge on any atom is -0.454 e. The van der Waals surface area contributed by atoms with E-state index in [0.29, 0.717) is 27.5 Å². The number of rotatable bonds is 9. The molecule has 1 fully saturated rings. The zero-order valence-corrected chi connectivity index (χ0v) is 20.8. The number of aliphatic hydroxyl groups is 1. The minimum atomic E-state index is -3.36. The van der Waals surface area contributed by atoms with Gasteiger partial charge in [0.1, 0.15) is 6.04 Å². The summed E-state index contributed by atoms with van der Waals surface area (Å²) in [6.45, 7) is -1.35. The highest BCUT2D eigenvalue weighted by Gasteiger charge is 2.51. The fourth-order valence-corrected chi connectivity index (χ4v) is 4.39. The van der Waals surface area contributed by atoms with Crippen LogP contribution in [0.15, 0.2) is 48.5 Å². The van der Waals surface area contributed by atoms with Gasteiger partial charge in [0, 0.05) is 13.0 Å². The molecule has 0 spiro atoms. The summed E-state index contributed by atoms with van der Waals surface area (Å²) < 4.78 is 44.2. The van der Waals surface area contributed by atoms with Crippen LogP contribution in [0.1, 0.15) is 17.5 Å². The molecule has 3 N–H and O–H groups in total. The fraction of sp³-hybridized carbons (Fsp3) is 0.370. The zero-order chi connectivity index (χ0) is 28.0. The first-order valence-corrected chi connectivity index (χ1v) is 12.1. The van der Waals surface area contributed by atoms with Crippen LogP contribution in [-0.2, 0) is 27.3 Å². The van der Waals surface area contributed by atoms with Crippen LogP contribution < -0.4 is 20.1 Å². The maximum Gasteiger partial charge on any atom is 0.408 e. The van der Waals surface area contributed by atoms with Gasteiger partial charge in [-0.2, -0.15) is 0 Å². The summed E-state index contributed by atoms with van der Waals surface area (Å²) in [5.74, 6) is -2.14. The molecule has 0 aliphatic carbocycles. The topological polar surface area (TPSA) is 126 Å². The van der Waals surface area contributed by atoms with Gasteiger partial charge in [-0.15, -0.1) is 6.42 Å². The van der Waals surface area contributed by atoms with Crippen LogP contribution in [0.3, 0.4) is 0 Å². The molecule has 39 heavy (non-hydrogen) atoms. The van der Waals surface area contributed by atoms with Gasteiger partial charge in [0.25, 0.3) is 11.8 Å². The average molecular weight is 544 g/mol. The molecule has 1 saturated heterocycles. The van der Waals surface area contributed by atoms with Gasteiger partial charge < -0.3 is 34.9 Å². The Kier molecular flexibility index (Phi) is 8.51. The van der Waals surface area contributed by atoms with E-state index in [1.807, 2.05) is 0 Å². The van der Waals surface area contributed by atoms with Crippen molar-refractivity contribution in [3.63, 3.8) is 0 Å². The molecule has 2 aliphatic heterocycles. The lowest BCUT2D eigenvalue weighted by Gasteiger charge is -2.29. The van der Waals surface area contributed by atoms with Crippen LogP contribution >= 0.6 is 0 Å². The number of aliphatic hydroxyl groups excluding tert-OH is 1. The third kappa shape index (κ3) is 6.94. The van der Waals surface area contributed by atoms with Gasteiger partial charge in [-0.05, 0) is 29.7 Å². The molecule has 2 aliphatic rings. The van der Waals surface area contributed by atoms with Gasteiger partial charge in [-0.25, -0.2) is 13.6 Å². The van der Waals surface area contributed by atoms with Crippen molar-refractivity contribution in [1.82, 2.24) is 15.5 Å². The Bertz CT molecular complexity index is 1250. The van der Waals surface area contributed by atoms with Gasteiger partial charge in [0.15, 0.2) is 24.2 Å². The molecule has 3 amide bonds. The van der Waals surface area contributed by atoms with E-state index in [9.17, 15) is 28.3 Å². The summed E-state index contributed by atoms with van der Waals surface area (Å²) in [5.41, 5.74) is 1.28. The molecule has 0 saturated carbocycles. The van der Waals surface area contributed by atoms with Crippen molar-refractivity contribution in [2.24, 2.45) is 0 Å². The van der Waals surface area contributed by atoms with Crippen molar-refractivity contribution >= 4 is 17.9 Å². The number of hydrogen-bond acceptors (Lipinski definition) is 7. The standard InChI is InChI=1S/C27H27F2N3O7/c1-2-10-37-26(36)31-19(11-17-6-4-3-5-7-17)23(33)25(35)32-15-27(28,29)13-20(32)24(34)30-14-18-8-9-21-22(12-18)39-16-38-21/h1,3-9,12,19-20,23,33H,10-11,13-16H2,(H,30,34)(H,31,36)/t19-,20-,23-/m0/s1. The first-order valence-electron chi connectivity index (χ1n) is 12.1. The molecule has 10 nitrogen and oxygen atoms in total. The Morgan fingerprint density at radius 3 is 2.64 bits per heavy atom. The van der Waals surface area contributed by atoms with E-state index in [0.717, 1.165) is 0 Å².